The van der Waals surface area contributed by atoms with Crippen molar-refractivity contribution in [1.82, 2.24) is 9.55 Å². The van der Waals surface area contributed by atoms with E-state index in [1.165, 1.54) is 5.39 Å². The summed E-state index contributed by atoms with van der Waals surface area (Å²) < 4.78 is 2.08. The van der Waals surface area contributed by atoms with E-state index < -0.39 is 5.97 Å². The molecule has 0 aliphatic heterocycles. The maximum atomic E-state index is 11.5. The molecule has 0 saturated heterocycles. The fourth-order valence-electron chi connectivity index (χ4n) is 3.72. The molecule has 0 amide bonds. The monoisotopic (exact) mass is 364 g/mol. The van der Waals surface area contributed by atoms with E-state index in [9.17, 15) is 9.90 Å². The molecular weight excluding hydrogens is 348 g/mol. The topological polar surface area (TPSA) is 55.1 Å². The molecule has 2 heterocycles. The molecule has 134 valence electrons. The lowest BCUT2D eigenvalue weighted by molar-refractivity contribution is 0.0697. The molecule has 4 heteroatoms. The predicted octanol–water partition coefficient (Wildman–Crippen LogP) is 5.54. The van der Waals surface area contributed by atoms with Gasteiger partial charge in [-0.1, -0.05) is 42.5 Å². The largest absolute Gasteiger partial charge is 0.478 e. The van der Waals surface area contributed by atoms with E-state index in [1.807, 2.05) is 36.4 Å². The molecule has 0 radical (unpaired) electrons. The summed E-state index contributed by atoms with van der Waals surface area (Å²) >= 11 is 0. The number of hydrogen-bond acceptors (Lipinski definition) is 2. The molecule has 0 saturated carbocycles. The molecule has 0 spiro atoms. The summed E-state index contributed by atoms with van der Waals surface area (Å²) in [5.74, 6) is -0.942. The van der Waals surface area contributed by atoms with Gasteiger partial charge in [0.25, 0.3) is 0 Å². The minimum Gasteiger partial charge on any atom is -0.478 e. The van der Waals surface area contributed by atoms with E-state index in [2.05, 4.69) is 39.9 Å². The van der Waals surface area contributed by atoms with Crippen LogP contribution in [-0.2, 0) is 0 Å². The second kappa shape index (κ2) is 6.35. The number of rotatable bonds is 3. The molecule has 0 unspecified atom stereocenters. The van der Waals surface area contributed by atoms with Crippen molar-refractivity contribution in [2.24, 2.45) is 0 Å². The van der Waals surface area contributed by atoms with Crippen LogP contribution in [0.2, 0.25) is 0 Å². The van der Waals surface area contributed by atoms with E-state index in [0.29, 0.717) is 0 Å². The Morgan fingerprint density at radius 2 is 1.68 bits per heavy atom. The van der Waals surface area contributed by atoms with Crippen LogP contribution in [0.25, 0.3) is 38.8 Å². The lowest BCUT2D eigenvalue weighted by Gasteiger charge is -2.12. The van der Waals surface area contributed by atoms with Gasteiger partial charge >= 0.3 is 5.97 Å². The number of aromatic carboxylic acids is 1. The smallest absolute Gasteiger partial charge is 0.335 e. The number of carbonyl (C=O) groups is 1. The van der Waals surface area contributed by atoms with Crippen molar-refractivity contribution in [2.75, 3.05) is 0 Å². The summed E-state index contributed by atoms with van der Waals surface area (Å²) in [5, 5.41) is 12.9. The first-order chi connectivity index (χ1) is 13.7. The lowest BCUT2D eigenvalue weighted by Crippen LogP contribution is -2.01. The third-order valence-electron chi connectivity index (χ3n) is 4.99. The highest BCUT2D eigenvalue weighted by Gasteiger charge is 2.16. The summed E-state index contributed by atoms with van der Waals surface area (Å²) in [6.07, 6.45) is 1.77. The number of hydrogen-bond donors (Lipinski definition) is 1. The van der Waals surface area contributed by atoms with Crippen molar-refractivity contribution in [1.29, 1.82) is 0 Å². The Labute approximate surface area is 161 Å². The van der Waals surface area contributed by atoms with Crippen molar-refractivity contribution >= 4 is 27.6 Å². The number of carboxylic acids is 1. The van der Waals surface area contributed by atoms with Crippen LogP contribution in [0, 0.1) is 0 Å². The van der Waals surface area contributed by atoms with Gasteiger partial charge in [-0.15, -0.1) is 0 Å². The van der Waals surface area contributed by atoms with E-state index in [1.54, 1.807) is 24.4 Å². The highest BCUT2D eigenvalue weighted by molar-refractivity contribution is 6.09. The van der Waals surface area contributed by atoms with Gasteiger partial charge in [-0.25, -0.2) is 4.79 Å². The van der Waals surface area contributed by atoms with Gasteiger partial charge < -0.3 is 9.67 Å². The summed E-state index contributed by atoms with van der Waals surface area (Å²) in [6.45, 7) is 0. The van der Waals surface area contributed by atoms with Crippen molar-refractivity contribution in [3.63, 3.8) is 0 Å². The van der Waals surface area contributed by atoms with Crippen LogP contribution in [0.5, 0.6) is 0 Å². The highest BCUT2D eigenvalue weighted by atomic mass is 16.4. The van der Waals surface area contributed by atoms with Crippen molar-refractivity contribution in [3.05, 3.63) is 96.7 Å². The van der Waals surface area contributed by atoms with Crippen molar-refractivity contribution in [3.8, 4) is 17.1 Å². The maximum absolute atomic E-state index is 11.5. The van der Waals surface area contributed by atoms with Gasteiger partial charge in [0, 0.05) is 17.3 Å². The van der Waals surface area contributed by atoms with Gasteiger partial charge in [-0.05, 0) is 53.2 Å². The van der Waals surface area contributed by atoms with E-state index in [-0.39, 0.29) is 5.56 Å². The van der Waals surface area contributed by atoms with Gasteiger partial charge in [0.05, 0.1) is 22.5 Å². The predicted molar refractivity (Wildman–Crippen MR) is 111 cm³/mol. The summed E-state index contributed by atoms with van der Waals surface area (Å²) in [6, 6.07) is 27.4. The third-order valence-corrected chi connectivity index (χ3v) is 4.99. The van der Waals surface area contributed by atoms with Crippen LogP contribution in [0.1, 0.15) is 10.4 Å². The number of fused-ring (bicyclic) bond motifs is 3. The molecule has 4 nitrogen and oxygen atoms in total. The van der Waals surface area contributed by atoms with Gasteiger partial charge in [0.1, 0.15) is 0 Å². The van der Waals surface area contributed by atoms with Crippen LogP contribution in [-0.4, -0.2) is 20.6 Å². The molecule has 0 aliphatic carbocycles. The van der Waals surface area contributed by atoms with Gasteiger partial charge in [0.15, 0.2) is 0 Å². The Balaban J connectivity index is 1.89. The quantitative estimate of drug-likeness (QED) is 0.457. The molecule has 5 rings (SSSR count). The first-order valence-corrected chi connectivity index (χ1v) is 9.01. The molecule has 0 atom stereocenters. The minimum absolute atomic E-state index is 0.257. The van der Waals surface area contributed by atoms with E-state index in [4.69, 9.17) is 0 Å². The Kier molecular flexibility index (Phi) is 3.69. The normalized spacial score (nSPS) is 11.1. The van der Waals surface area contributed by atoms with Gasteiger partial charge in [-0.2, -0.15) is 0 Å². The van der Waals surface area contributed by atoms with E-state index >= 15 is 0 Å². The molecular formula is C24H16N2O2. The lowest BCUT2D eigenvalue weighted by atomic mass is 10.1. The SMILES string of the molecule is O=C(O)c1cccc(-n2c(-c3ccccn3)cc3c4ccccc4ccc32)c1. The third kappa shape index (κ3) is 2.55. The van der Waals surface area contributed by atoms with Crippen LogP contribution in [0.3, 0.4) is 0 Å². The molecule has 1 N–H and O–H groups in total. The van der Waals surface area contributed by atoms with Crippen LogP contribution in [0.15, 0.2) is 91.1 Å². The minimum atomic E-state index is -0.942. The zero-order valence-corrected chi connectivity index (χ0v) is 14.9. The molecule has 3 aromatic carbocycles. The number of nitrogens with zero attached hydrogens (tertiary/aromatic N) is 2. The van der Waals surface area contributed by atoms with Crippen LogP contribution in [0.4, 0.5) is 0 Å². The molecule has 0 aliphatic rings. The first kappa shape index (κ1) is 16.3. The molecule has 28 heavy (non-hydrogen) atoms. The summed E-state index contributed by atoms with van der Waals surface area (Å²) in [7, 11) is 0. The van der Waals surface area contributed by atoms with Gasteiger partial charge in [-0.3, -0.25) is 4.98 Å². The number of pyridine rings is 1. The Morgan fingerprint density at radius 3 is 2.50 bits per heavy atom. The highest BCUT2D eigenvalue weighted by Crippen LogP contribution is 2.35. The summed E-state index contributed by atoms with van der Waals surface area (Å²) in [4.78, 5) is 16.0. The maximum Gasteiger partial charge on any atom is 0.335 e. The molecule has 0 bridgehead atoms. The fraction of sp³-hybridized carbons (Fsp3) is 0. The molecule has 5 aromatic rings. The fourth-order valence-corrected chi connectivity index (χ4v) is 3.72. The van der Waals surface area contributed by atoms with E-state index in [0.717, 1.165) is 33.4 Å². The average molecular weight is 364 g/mol. The number of carboxylic acid groups (broad SMARTS) is 1. The Bertz CT molecular complexity index is 1340. The molecule has 0 fully saturated rings. The zero-order chi connectivity index (χ0) is 19.1. The van der Waals surface area contributed by atoms with Gasteiger partial charge in [0.2, 0.25) is 0 Å². The second-order valence-corrected chi connectivity index (χ2v) is 6.65. The zero-order valence-electron chi connectivity index (χ0n) is 14.9. The molecule has 2 aromatic heterocycles. The standard InChI is InChI=1S/C24H16N2O2/c27-24(28)17-7-5-8-18(14-17)26-22-12-11-16-6-1-2-9-19(16)20(22)15-23(26)21-10-3-4-13-25-21/h1-15H,(H,27,28). The average Bonchev–Trinajstić information content (AvgIpc) is 3.14. The number of aromatic nitrogens is 2. The Hall–Kier alpha value is -3.92. The Morgan fingerprint density at radius 1 is 0.821 bits per heavy atom. The number of benzene rings is 3. The summed E-state index contributed by atoms with van der Waals surface area (Å²) in [5.41, 5.74) is 3.83. The van der Waals surface area contributed by atoms with Crippen LogP contribution >= 0.6 is 0 Å². The second-order valence-electron chi connectivity index (χ2n) is 6.65. The first-order valence-electron chi connectivity index (χ1n) is 9.01. The van der Waals surface area contributed by atoms with Crippen LogP contribution < -0.4 is 0 Å². The van der Waals surface area contributed by atoms with Crippen molar-refractivity contribution < 1.29 is 9.90 Å². The van der Waals surface area contributed by atoms with Crippen molar-refractivity contribution in [2.45, 2.75) is 0 Å².